The molecule has 0 bridgehead atoms. The van der Waals surface area contributed by atoms with Crippen molar-refractivity contribution in [1.82, 2.24) is 0 Å². The first kappa shape index (κ1) is 12.3. The molecule has 0 aliphatic carbocycles. The van der Waals surface area contributed by atoms with E-state index >= 15 is 0 Å². The average molecular weight is 291 g/mol. The topological polar surface area (TPSA) is 102 Å². The highest BCUT2D eigenvalue weighted by Crippen LogP contribution is 2.34. The molecule has 0 unspecified atom stereocenters. The van der Waals surface area contributed by atoms with E-state index < -0.39 is 17.5 Å². The first-order chi connectivity index (χ1) is 7.00. The highest BCUT2D eigenvalue weighted by Gasteiger charge is 2.18. The van der Waals surface area contributed by atoms with Gasteiger partial charge in [-0.2, -0.15) is 0 Å². The second-order valence-electron chi connectivity index (χ2n) is 3.01. The lowest BCUT2D eigenvalue weighted by molar-refractivity contribution is 0.0977. The van der Waals surface area contributed by atoms with Crippen LogP contribution in [0.5, 0.6) is 5.75 Å². The van der Waals surface area contributed by atoms with E-state index in [1.807, 2.05) is 0 Å². The number of carbonyl (C=O) groups is 1. The molecule has 0 fully saturated rings. The summed E-state index contributed by atoms with van der Waals surface area (Å²) in [6.45, 7) is 0. The second kappa shape index (κ2) is 4.01. The van der Waals surface area contributed by atoms with Crippen LogP contribution >= 0.6 is 17.0 Å². The Labute approximate surface area is 99.6 Å². The first-order valence-electron chi connectivity index (χ1n) is 4.01. The van der Waals surface area contributed by atoms with Crippen LogP contribution in [0.1, 0.15) is 10.6 Å². The standard InChI is InChI=1S/C9H7FN2O3.BrH/c10-3-1-4-6(11)8(9(12)14)15-7(4)5(13)2-3;/h1-2,13H,11H2,(H2,12,14);1H. The van der Waals surface area contributed by atoms with Crippen molar-refractivity contribution in [3.05, 3.63) is 23.7 Å². The third kappa shape index (κ3) is 1.69. The number of furan rings is 1. The van der Waals surface area contributed by atoms with Crippen molar-refractivity contribution >= 4 is 39.5 Å². The van der Waals surface area contributed by atoms with Crippen LogP contribution in [0, 0.1) is 5.82 Å². The predicted molar refractivity (Wildman–Crippen MR) is 61.1 cm³/mol. The van der Waals surface area contributed by atoms with Crippen molar-refractivity contribution < 1.29 is 18.7 Å². The molecule has 0 atom stereocenters. The number of hydrogen-bond donors (Lipinski definition) is 3. The van der Waals surface area contributed by atoms with Gasteiger partial charge in [-0.3, -0.25) is 4.79 Å². The van der Waals surface area contributed by atoms with E-state index in [0.717, 1.165) is 12.1 Å². The third-order valence-electron chi connectivity index (χ3n) is 2.00. The zero-order chi connectivity index (χ0) is 11.2. The monoisotopic (exact) mass is 290 g/mol. The molecular formula is C9H8BrFN2O3. The molecule has 0 radical (unpaired) electrons. The van der Waals surface area contributed by atoms with Crippen LogP contribution in [-0.4, -0.2) is 11.0 Å². The largest absolute Gasteiger partial charge is 0.504 e. The van der Waals surface area contributed by atoms with Crippen molar-refractivity contribution in [3.63, 3.8) is 0 Å². The first-order valence-corrected chi connectivity index (χ1v) is 4.01. The maximum atomic E-state index is 12.9. The summed E-state index contributed by atoms with van der Waals surface area (Å²) in [4.78, 5) is 10.9. The van der Waals surface area contributed by atoms with Crippen molar-refractivity contribution in [3.8, 4) is 5.75 Å². The number of carbonyl (C=O) groups excluding carboxylic acids is 1. The number of phenolic OH excluding ortho intramolecular Hbond substituents is 1. The fourth-order valence-electron chi connectivity index (χ4n) is 1.35. The molecule has 7 heteroatoms. The van der Waals surface area contributed by atoms with E-state index in [1.165, 1.54) is 0 Å². The van der Waals surface area contributed by atoms with Crippen LogP contribution in [0.15, 0.2) is 16.5 Å². The highest BCUT2D eigenvalue weighted by molar-refractivity contribution is 8.93. The molecule has 0 aliphatic heterocycles. The van der Waals surface area contributed by atoms with Gasteiger partial charge in [0, 0.05) is 6.07 Å². The summed E-state index contributed by atoms with van der Waals surface area (Å²) in [7, 11) is 0. The van der Waals surface area contributed by atoms with Gasteiger partial charge in [0.2, 0.25) is 5.76 Å². The van der Waals surface area contributed by atoms with Gasteiger partial charge in [0.05, 0.1) is 11.1 Å². The minimum absolute atomic E-state index is 0. The quantitative estimate of drug-likeness (QED) is 0.741. The summed E-state index contributed by atoms with van der Waals surface area (Å²) in [5.74, 6) is -2.26. The van der Waals surface area contributed by atoms with Gasteiger partial charge in [-0.15, -0.1) is 17.0 Å². The van der Waals surface area contributed by atoms with Gasteiger partial charge in [-0.1, -0.05) is 0 Å². The molecule has 0 saturated heterocycles. The maximum absolute atomic E-state index is 12.9. The molecule has 2 rings (SSSR count). The summed E-state index contributed by atoms with van der Waals surface area (Å²) < 4.78 is 17.8. The Morgan fingerprint density at radius 1 is 1.44 bits per heavy atom. The van der Waals surface area contributed by atoms with Crippen molar-refractivity contribution in [2.75, 3.05) is 5.73 Å². The number of anilines is 1. The lowest BCUT2D eigenvalue weighted by atomic mass is 10.2. The smallest absolute Gasteiger partial charge is 0.286 e. The summed E-state index contributed by atoms with van der Waals surface area (Å²) in [5, 5.41) is 9.46. The Morgan fingerprint density at radius 3 is 2.62 bits per heavy atom. The molecule has 1 heterocycles. The molecule has 1 aromatic carbocycles. The van der Waals surface area contributed by atoms with Crippen LogP contribution in [-0.2, 0) is 0 Å². The van der Waals surface area contributed by atoms with Gasteiger partial charge < -0.3 is 21.0 Å². The Hall–Kier alpha value is -1.76. The maximum Gasteiger partial charge on any atom is 0.286 e. The number of primary amides is 1. The Bertz CT molecular complexity index is 567. The number of amides is 1. The average Bonchev–Trinajstić information content (AvgIpc) is 2.44. The van der Waals surface area contributed by atoms with Gasteiger partial charge in [-0.25, -0.2) is 4.39 Å². The fourth-order valence-corrected chi connectivity index (χ4v) is 1.35. The molecule has 0 spiro atoms. The summed E-state index contributed by atoms with van der Waals surface area (Å²) in [5.41, 5.74) is 10.4. The molecule has 5 N–H and O–H groups in total. The Morgan fingerprint density at radius 2 is 2.06 bits per heavy atom. The van der Waals surface area contributed by atoms with Crippen LogP contribution in [0.3, 0.4) is 0 Å². The summed E-state index contributed by atoms with van der Waals surface area (Å²) >= 11 is 0. The number of halogens is 2. The van der Waals surface area contributed by atoms with Gasteiger partial charge >= 0.3 is 0 Å². The van der Waals surface area contributed by atoms with Crippen LogP contribution in [0.4, 0.5) is 10.1 Å². The number of fused-ring (bicyclic) bond motifs is 1. The molecule has 5 nitrogen and oxygen atoms in total. The molecule has 16 heavy (non-hydrogen) atoms. The SMILES string of the molecule is Br.NC(=O)c1oc2c(O)cc(F)cc2c1N. The molecule has 1 amide bonds. The second-order valence-corrected chi connectivity index (χ2v) is 3.01. The number of nitrogens with two attached hydrogens (primary N) is 2. The Balaban J connectivity index is 0.00000128. The van der Waals surface area contributed by atoms with E-state index in [9.17, 15) is 14.3 Å². The lowest BCUT2D eigenvalue weighted by Gasteiger charge is -1.93. The van der Waals surface area contributed by atoms with Gasteiger partial charge in [0.25, 0.3) is 5.91 Å². The van der Waals surface area contributed by atoms with Gasteiger partial charge in [0.15, 0.2) is 11.3 Å². The Kier molecular flexibility index (Phi) is 3.09. The minimum atomic E-state index is -0.872. The van der Waals surface area contributed by atoms with E-state index in [4.69, 9.17) is 15.9 Å². The minimum Gasteiger partial charge on any atom is -0.504 e. The van der Waals surface area contributed by atoms with Crippen LogP contribution in [0.25, 0.3) is 11.0 Å². The van der Waals surface area contributed by atoms with Gasteiger partial charge in [0.1, 0.15) is 5.82 Å². The zero-order valence-corrected chi connectivity index (χ0v) is 9.57. The third-order valence-corrected chi connectivity index (χ3v) is 2.00. The molecule has 86 valence electrons. The highest BCUT2D eigenvalue weighted by atomic mass is 79.9. The van der Waals surface area contributed by atoms with E-state index in [0.29, 0.717) is 0 Å². The normalized spacial score (nSPS) is 10.1. The van der Waals surface area contributed by atoms with E-state index in [2.05, 4.69) is 0 Å². The summed E-state index contributed by atoms with van der Waals surface area (Å²) in [6.07, 6.45) is 0. The fraction of sp³-hybridized carbons (Fsp3) is 0. The predicted octanol–water partition coefficient (Wildman–Crippen LogP) is 1.54. The number of rotatable bonds is 1. The molecule has 0 aliphatic rings. The number of benzene rings is 1. The zero-order valence-electron chi connectivity index (χ0n) is 7.86. The summed E-state index contributed by atoms with van der Waals surface area (Å²) in [6, 6.07) is 1.91. The molecule has 0 saturated carbocycles. The number of phenols is 1. The van der Waals surface area contributed by atoms with Gasteiger partial charge in [-0.05, 0) is 6.07 Å². The van der Waals surface area contributed by atoms with E-state index in [-0.39, 0.29) is 39.4 Å². The van der Waals surface area contributed by atoms with Crippen LogP contribution in [0.2, 0.25) is 0 Å². The molecule has 2 aromatic rings. The van der Waals surface area contributed by atoms with E-state index in [1.54, 1.807) is 0 Å². The van der Waals surface area contributed by atoms with Crippen molar-refractivity contribution in [2.45, 2.75) is 0 Å². The lowest BCUT2D eigenvalue weighted by Crippen LogP contribution is -2.11. The van der Waals surface area contributed by atoms with Crippen molar-refractivity contribution in [2.24, 2.45) is 5.73 Å². The molecule has 1 aromatic heterocycles. The number of hydrogen-bond acceptors (Lipinski definition) is 4. The number of aromatic hydroxyl groups is 1. The van der Waals surface area contributed by atoms with Crippen molar-refractivity contribution in [1.29, 1.82) is 0 Å². The van der Waals surface area contributed by atoms with Crippen LogP contribution < -0.4 is 11.5 Å². The number of nitrogen functional groups attached to an aromatic ring is 1. The molecular weight excluding hydrogens is 283 g/mol.